The zero-order valence-corrected chi connectivity index (χ0v) is 18.6. The molecule has 2 heterocycles. The second-order valence-corrected chi connectivity index (χ2v) is 9.32. The first-order chi connectivity index (χ1) is 14.9. The van der Waals surface area contributed by atoms with E-state index in [0.29, 0.717) is 6.54 Å². The lowest BCUT2D eigenvalue weighted by atomic mass is 10.0. The average Bonchev–Trinajstić information content (AvgIpc) is 2.74. The van der Waals surface area contributed by atoms with E-state index in [0.717, 1.165) is 34.4 Å². The molecule has 5 nitrogen and oxygen atoms in total. The number of likely N-dealkylation sites (N-methyl/N-ethyl adjacent to an activating group) is 1. The number of rotatable bonds is 6. The summed E-state index contributed by atoms with van der Waals surface area (Å²) in [4.78, 5) is 2.26. The quantitative estimate of drug-likeness (QED) is 0.429. The van der Waals surface area contributed by atoms with Gasteiger partial charge in [-0.05, 0) is 43.7 Å². The van der Waals surface area contributed by atoms with Gasteiger partial charge in [0.05, 0.1) is 10.1 Å². The van der Waals surface area contributed by atoms with Crippen molar-refractivity contribution < 1.29 is 17.5 Å². The van der Waals surface area contributed by atoms with Crippen molar-refractivity contribution >= 4 is 38.9 Å². The number of nitrogens with zero attached hydrogens (tertiary/aromatic N) is 2. The van der Waals surface area contributed by atoms with Crippen molar-refractivity contribution in [3.05, 3.63) is 83.2 Å². The van der Waals surface area contributed by atoms with Gasteiger partial charge in [0.25, 0.3) is 0 Å². The highest BCUT2D eigenvalue weighted by molar-refractivity contribution is 7.85. The Kier molecular flexibility index (Phi) is 5.94. The number of hydrogen-bond donors (Lipinski definition) is 0. The van der Waals surface area contributed by atoms with Crippen LogP contribution in [0.3, 0.4) is 0 Å². The highest BCUT2D eigenvalue weighted by Crippen LogP contribution is 2.31. The van der Waals surface area contributed by atoms with Crippen LogP contribution in [0.25, 0.3) is 23.1 Å². The van der Waals surface area contributed by atoms with Crippen LogP contribution in [0, 0.1) is 6.92 Å². The summed E-state index contributed by atoms with van der Waals surface area (Å²) < 4.78 is 35.5. The summed E-state index contributed by atoms with van der Waals surface area (Å²) in [5, 5.41) is 1.09. The van der Waals surface area contributed by atoms with Crippen LogP contribution >= 0.6 is 0 Å². The van der Waals surface area contributed by atoms with Crippen LogP contribution in [-0.2, 0) is 16.7 Å². The molecule has 0 amide bonds. The van der Waals surface area contributed by atoms with Crippen LogP contribution in [0.4, 0.5) is 5.69 Å². The predicted octanol–water partition coefficient (Wildman–Crippen LogP) is 4.27. The Bertz CT molecular complexity index is 1290. The lowest BCUT2D eigenvalue weighted by Gasteiger charge is -2.29. The molecular formula is C25H26N2O3S. The Labute approximate surface area is 183 Å². The minimum atomic E-state index is -4.24. The third-order valence-corrected chi connectivity index (χ3v) is 6.37. The Morgan fingerprint density at radius 1 is 1.06 bits per heavy atom. The zero-order chi connectivity index (χ0) is 22.0. The van der Waals surface area contributed by atoms with Gasteiger partial charge in [0.1, 0.15) is 0 Å². The summed E-state index contributed by atoms with van der Waals surface area (Å²) in [5.41, 5.74) is 6.57. The SMILES string of the molecule is CCN1/C(=C/c2ccc3cc(C)ccc3[n+]2CCCS(=O)(=O)[O-])C=Cc2ccccc21. The fourth-order valence-electron chi connectivity index (χ4n) is 4.14. The second-order valence-electron chi connectivity index (χ2n) is 7.79. The average molecular weight is 435 g/mol. The molecule has 3 aromatic rings. The fourth-order valence-corrected chi connectivity index (χ4v) is 4.62. The summed E-state index contributed by atoms with van der Waals surface area (Å²) in [6, 6.07) is 18.7. The first kappa shape index (κ1) is 21.3. The summed E-state index contributed by atoms with van der Waals surface area (Å²) in [7, 11) is -4.24. The van der Waals surface area contributed by atoms with Crippen LogP contribution in [0.15, 0.2) is 66.4 Å². The molecule has 0 saturated heterocycles. The van der Waals surface area contributed by atoms with Gasteiger partial charge < -0.3 is 9.45 Å². The molecule has 6 heteroatoms. The highest BCUT2D eigenvalue weighted by Gasteiger charge is 2.19. The number of pyridine rings is 1. The number of aromatic nitrogens is 1. The third kappa shape index (κ3) is 4.70. The van der Waals surface area contributed by atoms with Crippen molar-refractivity contribution in [3.8, 4) is 0 Å². The van der Waals surface area contributed by atoms with Gasteiger partial charge >= 0.3 is 0 Å². The molecule has 0 unspecified atom stereocenters. The van der Waals surface area contributed by atoms with Crippen molar-refractivity contribution in [1.29, 1.82) is 0 Å². The normalized spacial score (nSPS) is 14.9. The Morgan fingerprint density at radius 3 is 2.65 bits per heavy atom. The molecule has 2 aromatic carbocycles. The number of benzene rings is 2. The Balaban J connectivity index is 1.79. The van der Waals surface area contributed by atoms with E-state index in [1.54, 1.807) is 0 Å². The van der Waals surface area contributed by atoms with Crippen LogP contribution in [0.1, 0.15) is 30.2 Å². The van der Waals surface area contributed by atoms with Crippen molar-refractivity contribution in [1.82, 2.24) is 0 Å². The number of aryl methyl sites for hydroxylation is 2. The molecule has 0 bridgehead atoms. The summed E-state index contributed by atoms with van der Waals surface area (Å²) in [5.74, 6) is -0.368. The standard InChI is InChI=1S/C25H26N2O3S/c1-3-26-22(12-10-20-7-4-5-8-24(20)26)18-23-13-11-21-17-19(2)9-14-25(21)27(23)15-6-16-31(28,29)30/h4-5,7-14,17-18H,3,6,15-16H2,1-2H3. The Hall–Kier alpha value is -2.96. The van der Waals surface area contributed by atoms with Gasteiger partial charge in [-0.15, -0.1) is 0 Å². The van der Waals surface area contributed by atoms with Crippen molar-refractivity contribution in [3.63, 3.8) is 0 Å². The molecule has 0 spiro atoms. The third-order valence-electron chi connectivity index (χ3n) is 5.58. The number of hydrogen-bond acceptors (Lipinski definition) is 4. The fraction of sp³-hybridized carbons (Fsp3) is 0.240. The molecule has 0 N–H and O–H groups in total. The monoisotopic (exact) mass is 434 g/mol. The molecule has 4 rings (SSSR count). The molecule has 1 aliphatic heterocycles. The largest absolute Gasteiger partial charge is 0.748 e. The van der Waals surface area contributed by atoms with E-state index < -0.39 is 10.1 Å². The lowest BCUT2D eigenvalue weighted by Crippen LogP contribution is -2.39. The van der Waals surface area contributed by atoms with E-state index in [1.165, 1.54) is 11.3 Å². The van der Waals surface area contributed by atoms with Crippen LogP contribution < -0.4 is 9.47 Å². The van der Waals surface area contributed by atoms with Crippen LogP contribution in [0.5, 0.6) is 0 Å². The number of allylic oxidation sites excluding steroid dienone is 1. The minimum Gasteiger partial charge on any atom is -0.748 e. The smallest absolute Gasteiger partial charge is 0.212 e. The maximum atomic E-state index is 11.1. The van der Waals surface area contributed by atoms with E-state index in [4.69, 9.17) is 0 Å². The van der Waals surface area contributed by atoms with Gasteiger partial charge in [-0.2, -0.15) is 4.57 Å². The molecule has 0 radical (unpaired) electrons. The van der Waals surface area contributed by atoms with Gasteiger partial charge in [0.2, 0.25) is 11.2 Å². The summed E-state index contributed by atoms with van der Waals surface area (Å²) in [6.07, 6.45) is 6.63. The number of anilines is 1. The first-order valence-corrected chi connectivity index (χ1v) is 12.1. The highest BCUT2D eigenvalue weighted by atomic mass is 32.2. The van der Waals surface area contributed by atoms with Gasteiger partial charge in [0.15, 0.2) is 6.54 Å². The molecule has 1 aromatic heterocycles. The van der Waals surface area contributed by atoms with Crippen LogP contribution in [-0.4, -0.2) is 25.3 Å². The molecule has 1 aliphatic rings. The van der Waals surface area contributed by atoms with Crippen molar-refractivity contribution in [2.24, 2.45) is 0 Å². The maximum Gasteiger partial charge on any atom is 0.212 e. The van der Waals surface area contributed by atoms with Crippen molar-refractivity contribution in [2.45, 2.75) is 26.8 Å². The van der Waals surface area contributed by atoms with Crippen LogP contribution in [0.2, 0.25) is 0 Å². The van der Waals surface area contributed by atoms with E-state index >= 15 is 0 Å². The molecule has 31 heavy (non-hydrogen) atoms. The van der Waals surface area contributed by atoms with Gasteiger partial charge in [-0.25, -0.2) is 8.42 Å². The van der Waals surface area contributed by atoms with Crippen molar-refractivity contribution in [2.75, 3.05) is 17.2 Å². The summed E-state index contributed by atoms with van der Waals surface area (Å²) in [6.45, 7) is 5.45. The Morgan fingerprint density at radius 2 is 1.87 bits per heavy atom. The predicted molar refractivity (Wildman–Crippen MR) is 125 cm³/mol. The minimum absolute atomic E-state index is 0.274. The number of fused-ring (bicyclic) bond motifs is 2. The summed E-state index contributed by atoms with van der Waals surface area (Å²) >= 11 is 0. The molecule has 0 saturated carbocycles. The van der Waals surface area contributed by atoms with E-state index in [-0.39, 0.29) is 12.2 Å². The molecule has 160 valence electrons. The second kappa shape index (κ2) is 8.65. The van der Waals surface area contributed by atoms with Gasteiger partial charge in [-0.1, -0.05) is 35.9 Å². The molecular weight excluding hydrogens is 408 g/mol. The van der Waals surface area contributed by atoms with Gasteiger partial charge in [0, 0.05) is 53.7 Å². The van der Waals surface area contributed by atoms with E-state index in [9.17, 15) is 13.0 Å². The van der Waals surface area contributed by atoms with E-state index in [1.807, 2.05) is 19.1 Å². The topological polar surface area (TPSA) is 64.3 Å². The van der Waals surface area contributed by atoms with Gasteiger partial charge in [-0.3, -0.25) is 0 Å². The first-order valence-electron chi connectivity index (χ1n) is 10.5. The number of para-hydroxylation sites is 1. The molecule has 0 aliphatic carbocycles. The van der Waals surface area contributed by atoms with E-state index in [2.05, 4.69) is 77.1 Å². The molecule has 0 atom stereocenters. The zero-order valence-electron chi connectivity index (χ0n) is 17.8. The molecule has 0 fully saturated rings. The maximum absolute atomic E-state index is 11.1. The lowest BCUT2D eigenvalue weighted by molar-refractivity contribution is -0.673.